The van der Waals surface area contributed by atoms with E-state index in [1.54, 1.807) is 18.2 Å². The van der Waals surface area contributed by atoms with E-state index >= 15 is 0 Å². The van der Waals surface area contributed by atoms with Crippen molar-refractivity contribution in [2.45, 2.75) is 24.7 Å². The van der Waals surface area contributed by atoms with Crippen LogP contribution in [0.3, 0.4) is 0 Å². The molecule has 0 atom stereocenters. The van der Waals surface area contributed by atoms with E-state index in [0.29, 0.717) is 22.5 Å². The van der Waals surface area contributed by atoms with Crippen LogP contribution in [0.4, 0.5) is 11.4 Å². The molecular weight excluding hydrogens is 542 g/mol. The van der Waals surface area contributed by atoms with Crippen molar-refractivity contribution in [2.24, 2.45) is 0 Å². The highest BCUT2D eigenvalue weighted by Crippen LogP contribution is 2.31. The Kier molecular flexibility index (Phi) is 8.21. The number of carbonyl (C=O) groups excluding carboxylic acids is 1. The summed E-state index contributed by atoms with van der Waals surface area (Å²) in [6.07, 6.45) is 1.80. The molecule has 9 heteroatoms. The molecule has 0 radical (unpaired) electrons. The van der Waals surface area contributed by atoms with Gasteiger partial charge in [0.15, 0.2) is 0 Å². The molecule has 7 nitrogen and oxygen atoms in total. The van der Waals surface area contributed by atoms with Gasteiger partial charge in [0.05, 0.1) is 22.2 Å². The lowest BCUT2D eigenvalue weighted by Gasteiger charge is -2.25. The number of nitrogens with zero attached hydrogens (tertiary/aromatic N) is 2. The van der Waals surface area contributed by atoms with Crippen LogP contribution in [-0.2, 0) is 21.2 Å². The minimum Gasteiger partial charge on any atom is -0.496 e. The lowest BCUT2D eigenvalue weighted by molar-refractivity contribution is -0.119. The number of fused-ring (bicyclic) bond motifs is 1. The lowest BCUT2D eigenvalue weighted by Crippen LogP contribution is -2.41. The van der Waals surface area contributed by atoms with Gasteiger partial charge >= 0.3 is 0 Å². The molecule has 1 aliphatic heterocycles. The zero-order valence-electron chi connectivity index (χ0n) is 20.4. The number of hydrogen-bond acceptors (Lipinski definition) is 5. The molecule has 3 aromatic rings. The number of anilines is 2. The van der Waals surface area contributed by atoms with Gasteiger partial charge in [-0.2, -0.15) is 0 Å². The Labute approximate surface area is 221 Å². The minimum absolute atomic E-state index is 0.0660. The summed E-state index contributed by atoms with van der Waals surface area (Å²) >= 11 is 3.35. The number of halogens is 1. The van der Waals surface area contributed by atoms with Gasteiger partial charge in [0.2, 0.25) is 5.91 Å². The zero-order chi connectivity index (χ0) is 25.7. The van der Waals surface area contributed by atoms with Crippen molar-refractivity contribution in [1.29, 1.82) is 0 Å². The molecule has 1 N–H and O–H groups in total. The molecule has 0 saturated heterocycles. The first-order chi connectivity index (χ1) is 17.3. The fourth-order valence-corrected chi connectivity index (χ4v) is 6.42. The van der Waals surface area contributed by atoms with Crippen LogP contribution in [0.5, 0.6) is 5.75 Å². The maximum atomic E-state index is 13.6. The van der Waals surface area contributed by atoms with Crippen molar-refractivity contribution in [2.75, 3.05) is 42.5 Å². The van der Waals surface area contributed by atoms with Crippen LogP contribution >= 0.6 is 15.9 Å². The van der Waals surface area contributed by atoms with E-state index in [0.717, 1.165) is 35.8 Å². The van der Waals surface area contributed by atoms with E-state index in [9.17, 15) is 13.2 Å². The van der Waals surface area contributed by atoms with Gasteiger partial charge in [-0.25, -0.2) is 8.42 Å². The van der Waals surface area contributed by atoms with Crippen LogP contribution in [0, 0.1) is 6.92 Å². The number of benzene rings is 3. The Morgan fingerprint density at radius 3 is 2.58 bits per heavy atom. The predicted octanol–water partition coefficient (Wildman–Crippen LogP) is 4.53. The first-order valence-electron chi connectivity index (χ1n) is 11.8. The zero-order valence-corrected chi connectivity index (χ0v) is 22.8. The summed E-state index contributed by atoms with van der Waals surface area (Å²) < 4.78 is 34.1. The van der Waals surface area contributed by atoms with Crippen molar-refractivity contribution in [3.63, 3.8) is 0 Å². The van der Waals surface area contributed by atoms with Crippen molar-refractivity contribution in [1.82, 2.24) is 5.32 Å². The molecule has 0 spiro atoms. The number of ether oxygens (including phenoxy) is 1. The van der Waals surface area contributed by atoms with Gasteiger partial charge in [-0.1, -0.05) is 35.9 Å². The third-order valence-electron chi connectivity index (χ3n) is 6.23. The molecule has 0 aliphatic carbocycles. The molecule has 190 valence electrons. The Bertz CT molecular complexity index is 1330. The highest BCUT2D eigenvalue weighted by atomic mass is 79.9. The van der Waals surface area contributed by atoms with Crippen LogP contribution in [0.25, 0.3) is 0 Å². The van der Waals surface area contributed by atoms with Crippen LogP contribution in [0.15, 0.2) is 76.1 Å². The molecule has 1 amide bonds. The van der Waals surface area contributed by atoms with E-state index in [1.165, 1.54) is 30.5 Å². The predicted molar refractivity (Wildman–Crippen MR) is 146 cm³/mol. The summed E-state index contributed by atoms with van der Waals surface area (Å²) in [6.45, 7) is 3.88. The molecule has 0 bridgehead atoms. The standard InChI is InChI=1S/C27H30BrN3O4S/c1-20-8-10-22(11-9-20)31(36(33,34)23-12-13-26(35-2)24(28)18-23)19-27(32)29-15-5-16-30-17-14-21-6-3-4-7-25(21)30/h3-4,6-13,18H,5,14-17,19H2,1-2H3,(H,29,32). The summed E-state index contributed by atoms with van der Waals surface area (Å²) in [5, 5.41) is 2.89. The molecule has 1 aliphatic rings. The van der Waals surface area contributed by atoms with E-state index in [4.69, 9.17) is 4.74 Å². The van der Waals surface area contributed by atoms with Gasteiger partial charge in [0.25, 0.3) is 10.0 Å². The van der Waals surface area contributed by atoms with Crippen molar-refractivity contribution in [3.8, 4) is 5.75 Å². The van der Waals surface area contributed by atoms with Crippen molar-refractivity contribution >= 4 is 43.2 Å². The second-order valence-electron chi connectivity index (χ2n) is 8.71. The molecule has 0 unspecified atom stereocenters. The number of nitrogens with one attached hydrogen (secondary N) is 1. The van der Waals surface area contributed by atoms with Gasteiger partial charge in [0.1, 0.15) is 12.3 Å². The first-order valence-corrected chi connectivity index (χ1v) is 14.1. The highest BCUT2D eigenvalue weighted by Gasteiger charge is 2.28. The summed E-state index contributed by atoms with van der Waals surface area (Å²) in [7, 11) is -2.49. The Hall–Kier alpha value is -3.04. The van der Waals surface area contributed by atoms with Crippen molar-refractivity contribution in [3.05, 3.63) is 82.3 Å². The number of amides is 1. The Morgan fingerprint density at radius 1 is 1.11 bits per heavy atom. The van der Waals surface area contributed by atoms with Gasteiger partial charge < -0.3 is 15.0 Å². The molecule has 36 heavy (non-hydrogen) atoms. The maximum Gasteiger partial charge on any atom is 0.264 e. The second-order valence-corrected chi connectivity index (χ2v) is 11.4. The lowest BCUT2D eigenvalue weighted by atomic mass is 10.2. The van der Waals surface area contributed by atoms with Gasteiger partial charge in [-0.15, -0.1) is 0 Å². The molecule has 3 aromatic carbocycles. The topological polar surface area (TPSA) is 79.0 Å². The third-order valence-corrected chi connectivity index (χ3v) is 8.62. The Balaban J connectivity index is 1.43. The number of methoxy groups -OCH3 is 1. The van der Waals surface area contributed by atoms with Gasteiger partial charge in [0, 0.05) is 25.3 Å². The summed E-state index contributed by atoms with van der Waals surface area (Å²) in [6, 6.07) is 20.0. The third kappa shape index (κ3) is 5.84. The Morgan fingerprint density at radius 2 is 1.86 bits per heavy atom. The van der Waals surface area contributed by atoms with Crippen LogP contribution in [0.1, 0.15) is 17.5 Å². The van der Waals surface area contributed by atoms with E-state index in [-0.39, 0.29) is 17.3 Å². The average molecular weight is 573 g/mol. The molecule has 0 aromatic heterocycles. The SMILES string of the molecule is COc1ccc(S(=O)(=O)N(CC(=O)NCCCN2CCc3ccccc32)c2ccc(C)cc2)cc1Br. The summed E-state index contributed by atoms with van der Waals surface area (Å²) in [4.78, 5) is 15.3. The summed E-state index contributed by atoms with van der Waals surface area (Å²) in [5.74, 6) is 0.169. The van der Waals surface area contributed by atoms with E-state index in [1.807, 2.05) is 25.1 Å². The average Bonchev–Trinajstić information content (AvgIpc) is 3.29. The first kappa shape index (κ1) is 26.0. The highest BCUT2D eigenvalue weighted by molar-refractivity contribution is 9.10. The van der Waals surface area contributed by atoms with Crippen LogP contribution in [-0.4, -0.2) is 47.6 Å². The maximum absolute atomic E-state index is 13.6. The molecule has 4 rings (SSSR count). The minimum atomic E-state index is -4.01. The van der Waals surface area contributed by atoms with Crippen LogP contribution < -0.4 is 19.3 Å². The van der Waals surface area contributed by atoms with E-state index in [2.05, 4.69) is 44.3 Å². The largest absolute Gasteiger partial charge is 0.496 e. The van der Waals surface area contributed by atoms with Gasteiger partial charge in [-0.3, -0.25) is 9.10 Å². The van der Waals surface area contributed by atoms with E-state index < -0.39 is 10.0 Å². The molecule has 1 heterocycles. The number of sulfonamides is 1. The van der Waals surface area contributed by atoms with Crippen molar-refractivity contribution < 1.29 is 17.9 Å². The molecule has 0 saturated carbocycles. The number of rotatable bonds is 10. The smallest absolute Gasteiger partial charge is 0.264 e. The number of carbonyl (C=O) groups is 1. The molecular formula is C27H30BrN3O4S. The monoisotopic (exact) mass is 571 g/mol. The number of aryl methyl sites for hydroxylation is 1. The van der Waals surface area contributed by atoms with Crippen LogP contribution in [0.2, 0.25) is 0 Å². The van der Waals surface area contributed by atoms with Gasteiger partial charge in [-0.05, 0) is 77.7 Å². The summed E-state index contributed by atoms with van der Waals surface area (Å²) in [5.41, 5.74) is 4.03. The molecule has 0 fully saturated rings. The number of hydrogen-bond donors (Lipinski definition) is 1. The number of para-hydroxylation sites is 1. The quantitative estimate of drug-likeness (QED) is 0.362. The second kappa shape index (κ2) is 11.3. The fraction of sp³-hybridized carbons (Fsp3) is 0.296. The fourth-order valence-electron chi connectivity index (χ4n) is 4.28. The normalized spacial score (nSPS) is 12.8.